The van der Waals surface area contributed by atoms with Gasteiger partial charge in [0, 0.05) is 10.4 Å². The van der Waals surface area contributed by atoms with E-state index in [-0.39, 0.29) is 6.04 Å². The van der Waals surface area contributed by atoms with E-state index in [0.29, 0.717) is 11.3 Å². The lowest BCUT2D eigenvalue weighted by molar-refractivity contribution is -0.136. The number of fused-ring (bicyclic) bond motifs is 1. The SMILES string of the molecule is C[C@H](NC(=O)C(=O)Nc1ccc(C#N)cc1)c1csc2ccccc12. The summed E-state index contributed by atoms with van der Waals surface area (Å²) >= 11 is 1.61. The van der Waals surface area contributed by atoms with Crippen LogP contribution >= 0.6 is 11.3 Å². The van der Waals surface area contributed by atoms with Gasteiger partial charge in [-0.05, 0) is 53.6 Å². The van der Waals surface area contributed by atoms with Gasteiger partial charge in [0.1, 0.15) is 0 Å². The highest BCUT2D eigenvalue weighted by Crippen LogP contribution is 2.29. The molecule has 2 N–H and O–H groups in total. The number of amides is 2. The molecule has 0 saturated carbocycles. The van der Waals surface area contributed by atoms with Crippen molar-refractivity contribution in [2.75, 3.05) is 5.32 Å². The number of carbonyl (C=O) groups excluding carboxylic acids is 2. The number of nitrogens with one attached hydrogen (secondary N) is 2. The fourth-order valence-electron chi connectivity index (χ4n) is 2.49. The Bertz CT molecular complexity index is 970. The van der Waals surface area contributed by atoms with Gasteiger partial charge in [-0.25, -0.2) is 0 Å². The normalized spacial score (nSPS) is 11.5. The van der Waals surface area contributed by atoms with E-state index in [1.807, 2.05) is 42.6 Å². The first kappa shape index (κ1) is 16.7. The molecular weight excluding hydrogens is 334 g/mol. The highest BCUT2D eigenvalue weighted by molar-refractivity contribution is 7.17. The number of anilines is 1. The van der Waals surface area contributed by atoms with Gasteiger partial charge in [-0.3, -0.25) is 9.59 Å². The first-order valence-corrected chi connectivity index (χ1v) is 8.54. The number of hydrogen-bond acceptors (Lipinski definition) is 4. The summed E-state index contributed by atoms with van der Waals surface area (Å²) in [6.07, 6.45) is 0. The minimum Gasteiger partial charge on any atom is -0.341 e. The van der Waals surface area contributed by atoms with Crippen molar-refractivity contribution in [1.29, 1.82) is 5.26 Å². The maximum absolute atomic E-state index is 12.1. The molecule has 3 aromatic rings. The fraction of sp³-hybridized carbons (Fsp3) is 0.105. The molecule has 0 radical (unpaired) electrons. The topological polar surface area (TPSA) is 82.0 Å². The zero-order valence-electron chi connectivity index (χ0n) is 13.4. The van der Waals surface area contributed by atoms with Gasteiger partial charge < -0.3 is 10.6 Å². The molecule has 3 rings (SSSR count). The molecule has 2 amide bonds. The summed E-state index contributed by atoms with van der Waals surface area (Å²) in [5.41, 5.74) is 1.94. The van der Waals surface area contributed by atoms with Crippen LogP contribution in [0.3, 0.4) is 0 Å². The summed E-state index contributed by atoms with van der Waals surface area (Å²) in [6.45, 7) is 1.85. The summed E-state index contributed by atoms with van der Waals surface area (Å²) in [5.74, 6) is -1.44. The zero-order chi connectivity index (χ0) is 17.8. The maximum Gasteiger partial charge on any atom is 0.313 e. The van der Waals surface area contributed by atoms with Gasteiger partial charge in [-0.2, -0.15) is 5.26 Å². The van der Waals surface area contributed by atoms with Crippen molar-refractivity contribution in [3.63, 3.8) is 0 Å². The van der Waals surface area contributed by atoms with Crippen molar-refractivity contribution in [2.24, 2.45) is 0 Å². The second-order valence-electron chi connectivity index (χ2n) is 5.53. The van der Waals surface area contributed by atoms with E-state index >= 15 is 0 Å². The van der Waals surface area contributed by atoms with Crippen LogP contribution in [0.25, 0.3) is 10.1 Å². The number of benzene rings is 2. The van der Waals surface area contributed by atoms with Gasteiger partial charge in [0.25, 0.3) is 0 Å². The van der Waals surface area contributed by atoms with Crippen LogP contribution < -0.4 is 10.6 Å². The number of nitriles is 1. The van der Waals surface area contributed by atoms with Gasteiger partial charge in [-0.1, -0.05) is 18.2 Å². The summed E-state index contributed by atoms with van der Waals surface area (Å²) in [4.78, 5) is 24.2. The molecule has 0 aliphatic heterocycles. The molecule has 6 heteroatoms. The molecule has 25 heavy (non-hydrogen) atoms. The van der Waals surface area contributed by atoms with Gasteiger partial charge in [-0.15, -0.1) is 11.3 Å². The summed E-state index contributed by atoms with van der Waals surface area (Å²) < 4.78 is 1.14. The molecule has 0 aliphatic rings. The zero-order valence-corrected chi connectivity index (χ0v) is 14.3. The molecule has 2 aromatic carbocycles. The Balaban J connectivity index is 1.66. The fourth-order valence-corrected chi connectivity index (χ4v) is 3.54. The molecule has 1 heterocycles. The van der Waals surface area contributed by atoms with Gasteiger partial charge >= 0.3 is 11.8 Å². The average Bonchev–Trinajstić information content (AvgIpc) is 3.06. The second-order valence-corrected chi connectivity index (χ2v) is 6.44. The van der Waals surface area contributed by atoms with E-state index in [1.54, 1.807) is 35.6 Å². The summed E-state index contributed by atoms with van der Waals surface area (Å²) in [6, 6.07) is 16.0. The van der Waals surface area contributed by atoms with Crippen molar-refractivity contribution in [3.05, 3.63) is 65.0 Å². The minimum atomic E-state index is -0.740. The van der Waals surface area contributed by atoms with Crippen LogP contribution in [0.1, 0.15) is 24.1 Å². The Hall–Kier alpha value is -3.17. The van der Waals surface area contributed by atoms with Crippen molar-refractivity contribution in [1.82, 2.24) is 5.32 Å². The number of carbonyl (C=O) groups is 2. The van der Waals surface area contributed by atoms with Crippen molar-refractivity contribution in [3.8, 4) is 6.07 Å². The van der Waals surface area contributed by atoms with Crippen molar-refractivity contribution < 1.29 is 9.59 Å². The van der Waals surface area contributed by atoms with Crippen LogP contribution in [-0.4, -0.2) is 11.8 Å². The highest BCUT2D eigenvalue weighted by atomic mass is 32.1. The molecule has 124 valence electrons. The summed E-state index contributed by atoms with van der Waals surface area (Å²) in [7, 11) is 0. The third-order valence-electron chi connectivity index (χ3n) is 3.80. The third kappa shape index (κ3) is 3.67. The monoisotopic (exact) mass is 349 g/mol. The lowest BCUT2D eigenvalue weighted by atomic mass is 10.1. The van der Waals surface area contributed by atoms with Crippen molar-refractivity contribution in [2.45, 2.75) is 13.0 Å². The Morgan fingerprint density at radius 1 is 1.08 bits per heavy atom. The van der Waals surface area contributed by atoms with E-state index < -0.39 is 11.8 Å². The number of thiophene rings is 1. The van der Waals surface area contributed by atoms with E-state index in [9.17, 15) is 9.59 Å². The predicted molar refractivity (Wildman–Crippen MR) is 98.2 cm³/mol. The maximum atomic E-state index is 12.1. The van der Waals surface area contributed by atoms with E-state index in [1.165, 1.54) is 0 Å². The molecule has 0 saturated heterocycles. The average molecular weight is 349 g/mol. The van der Waals surface area contributed by atoms with E-state index in [0.717, 1.165) is 15.6 Å². The van der Waals surface area contributed by atoms with Crippen LogP contribution in [0.2, 0.25) is 0 Å². The van der Waals surface area contributed by atoms with Crippen LogP contribution in [-0.2, 0) is 9.59 Å². The highest BCUT2D eigenvalue weighted by Gasteiger charge is 2.19. The first-order chi connectivity index (χ1) is 12.1. The Labute approximate surface area is 148 Å². The van der Waals surface area contributed by atoms with Crippen LogP contribution in [0.15, 0.2) is 53.9 Å². The molecule has 0 spiro atoms. The molecular formula is C19H15N3O2S. The molecule has 0 aliphatic carbocycles. The van der Waals surface area contributed by atoms with Crippen molar-refractivity contribution >= 4 is 38.9 Å². The molecule has 0 bridgehead atoms. The smallest absolute Gasteiger partial charge is 0.313 e. The molecule has 5 nitrogen and oxygen atoms in total. The van der Waals surface area contributed by atoms with Crippen LogP contribution in [0.5, 0.6) is 0 Å². The largest absolute Gasteiger partial charge is 0.341 e. The second kappa shape index (κ2) is 7.16. The third-order valence-corrected chi connectivity index (χ3v) is 4.78. The quantitative estimate of drug-likeness (QED) is 0.709. The van der Waals surface area contributed by atoms with E-state index in [2.05, 4.69) is 10.6 Å². The van der Waals surface area contributed by atoms with Gasteiger partial charge in [0.15, 0.2) is 0 Å². The van der Waals surface area contributed by atoms with Crippen LogP contribution in [0, 0.1) is 11.3 Å². The number of hydrogen-bond donors (Lipinski definition) is 2. The summed E-state index contributed by atoms with van der Waals surface area (Å²) in [5, 5.41) is 17.1. The van der Waals surface area contributed by atoms with Gasteiger partial charge in [0.2, 0.25) is 0 Å². The lowest BCUT2D eigenvalue weighted by Gasteiger charge is -2.13. The Morgan fingerprint density at radius 3 is 2.52 bits per heavy atom. The van der Waals surface area contributed by atoms with Crippen LogP contribution in [0.4, 0.5) is 5.69 Å². The molecule has 0 unspecified atom stereocenters. The molecule has 0 fully saturated rings. The van der Waals surface area contributed by atoms with E-state index in [4.69, 9.17) is 5.26 Å². The number of rotatable bonds is 3. The first-order valence-electron chi connectivity index (χ1n) is 7.66. The minimum absolute atomic E-state index is 0.282. The number of nitrogens with zero attached hydrogens (tertiary/aromatic N) is 1. The standard InChI is InChI=1S/C19H15N3O2S/c1-12(16-11-25-17-5-3-2-4-15(16)17)21-18(23)19(24)22-14-8-6-13(10-20)7-9-14/h2-9,11-12H,1H3,(H,21,23)(H,22,24)/t12-/m0/s1. The molecule has 1 aromatic heterocycles. The lowest BCUT2D eigenvalue weighted by Crippen LogP contribution is -2.36. The Kier molecular flexibility index (Phi) is 4.78. The van der Waals surface area contributed by atoms with Gasteiger partial charge in [0.05, 0.1) is 17.7 Å². The predicted octanol–water partition coefficient (Wildman–Crippen LogP) is 3.59. The Morgan fingerprint density at radius 2 is 1.80 bits per heavy atom. The molecule has 1 atom stereocenters.